The van der Waals surface area contributed by atoms with Crippen LogP contribution in [0.4, 0.5) is 0 Å². The van der Waals surface area contributed by atoms with E-state index in [0.717, 1.165) is 6.42 Å². The summed E-state index contributed by atoms with van der Waals surface area (Å²) in [5.41, 5.74) is 11.1. The van der Waals surface area contributed by atoms with E-state index in [4.69, 9.17) is 11.5 Å². The molecule has 2 amide bonds. The monoisotopic (exact) mass is 386 g/mol. The second-order valence-corrected chi connectivity index (χ2v) is 7.32. The lowest BCUT2D eigenvalue weighted by atomic mass is 9.61. The molecule has 2 aromatic rings. The first-order chi connectivity index (χ1) is 13.4. The zero-order valence-corrected chi connectivity index (χ0v) is 15.9. The molecule has 6 N–H and O–H groups in total. The van der Waals surface area contributed by atoms with Crippen LogP contribution in [0.15, 0.2) is 24.3 Å². The van der Waals surface area contributed by atoms with Gasteiger partial charge in [-0.3, -0.25) is 9.59 Å². The largest absolute Gasteiger partial charge is 0.477 e. The number of nitrogens with one attached hydrogen (secondary N) is 1. The van der Waals surface area contributed by atoms with Crippen molar-refractivity contribution in [2.24, 2.45) is 24.4 Å². The second-order valence-electron chi connectivity index (χ2n) is 7.32. The quantitative estimate of drug-likeness (QED) is 0.583. The predicted molar refractivity (Wildman–Crippen MR) is 105 cm³/mol. The molecule has 1 aliphatic carbocycles. The Morgan fingerprint density at radius 2 is 2.00 bits per heavy atom. The summed E-state index contributed by atoms with van der Waals surface area (Å²) in [6.45, 7) is 0.558. The smallest absolute Gasteiger partial charge is 0.352 e. The van der Waals surface area contributed by atoms with Gasteiger partial charge in [0.25, 0.3) is 0 Å². The van der Waals surface area contributed by atoms with Crippen LogP contribution in [0.25, 0.3) is 10.9 Å². The number of para-hydroxylation sites is 1. The number of carbonyl (C=O) groups is 3. The number of hydrogen-bond donors (Lipinski definition) is 4. The van der Waals surface area contributed by atoms with Gasteiger partial charge in [0.05, 0.1) is 11.3 Å². The molecule has 0 unspecified atom stereocenters. The van der Waals surface area contributed by atoms with Crippen molar-refractivity contribution in [1.29, 1.82) is 0 Å². The Morgan fingerprint density at radius 3 is 2.64 bits per heavy atom. The van der Waals surface area contributed by atoms with E-state index in [2.05, 4.69) is 5.32 Å². The minimum absolute atomic E-state index is 0.00137. The third-order valence-corrected chi connectivity index (χ3v) is 5.86. The molecule has 150 valence electrons. The number of primary amides is 1. The molecular weight excluding hydrogens is 360 g/mol. The highest BCUT2D eigenvalue weighted by molar-refractivity contribution is 6.05. The standard InChI is InChI=1S/C20H26N4O4/c1-24-14-8-3-2-6-12(14)15(16(24)18(26)27)20(19(22)28)9-5-4-7-13(20)17(25)23-11-10-21/h2-3,6,8,13H,4-5,7,9-11,21H2,1H3,(H2,22,28)(H,23,25)(H,26,27)/t13-,20-/m0/s1. The summed E-state index contributed by atoms with van der Waals surface area (Å²) in [5, 5.41) is 13.3. The highest BCUT2D eigenvalue weighted by Gasteiger charge is 2.53. The Hall–Kier alpha value is -2.87. The van der Waals surface area contributed by atoms with Gasteiger partial charge in [-0.25, -0.2) is 4.79 Å². The molecular formula is C20H26N4O4. The molecule has 1 saturated carbocycles. The van der Waals surface area contributed by atoms with Gasteiger partial charge in [0.15, 0.2) is 0 Å². The molecule has 0 radical (unpaired) electrons. The number of aryl methyl sites for hydroxylation is 1. The third-order valence-electron chi connectivity index (χ3n) is 5.86. The third kappa shape index (κ3) is 2.93. The fourth-order valence-corrected chi connectivity index (χ4v) is 4.66. The summed E-state index contributed by atoms with van der Waals surface area (Å²) >= 11 is 0. The van der Waals surface area contributed by atoms with Crippen molar-refractivity contribution >= 4 is 28.7 Å². The fraction of sp³-hybridized carbons (Fsp3) is 0.450. The van der Waals surface area contributed by atoms with Crippen molar-refractivity contribution in [2.45, 2.75) is 31.1 Å². The van der Waals surface area contributed by atoms with Gasteiger partial charge in [-0.1, -0.05) is 31.0 Å². The van der Waals surface area contributed by atoms with E-state index < -0.39 is 23.2 Å². The van der Waals surface area contributed by atoms with E-state index in [-0.39, 0.29) is 24.7 Å². The highest BCUT2D eigenvalue weighted by Crippen LogP contribution is 2.48. The van der Waals surface area contributed by atoms with E-state index in [1.807, 2.05) is 0 Å². The number of nitrogens with two attached hydrogens (primary N) is 2. The average molecular weight is 386 g/mol. The van der Waals surface area contributed by atoms with Gasteiger partial charge in [-0.2, -0.15) is 0 Å². The summed E-state index contributed by atoms with van der Waals surface area (Å²) in [5.74, 6) is -2.87. The summed E-state index contributed by atoms with van der Waals surface area (Å²) < 4.78 is 1.56. The van der Waals surface area contributed by atoms with Crippen molar-refractivity contribution < 1.29 is 19.5 Å². The van der Waals surface area contributed by atoms with Gasteiger partial charge in [0.1, 0.15) is 5.69 Å². The Balaban J connectivity index is 2.32. The van der Waals surface area contributed by atoms with Gasteiger partial charge in [0, 0.05) is 36.6 Å². The van der Waals surface area contributed by atoms with E-state index in [0.29, 0.717) is 35.7 Å². The summed E-state index contributed by atoms with van der Waals surface area (Å²) in [6.07, 6.45) is 2.24. The molecule has 3 rings (SSSR count). The van der Waals surface area contributed by atoms with Gasteiger partial charge in [0.2, 0.25) is 11.8 Å². The first-order valence-electron chi connectivity index (χ1n) is 9.45. The van der Waals surface area contributed by atoms with Crippen LogP contribution >= 0.6 is 0 Å². The van der Waals surface area contributed by atoms with Crippen LogP contribution in [0.2, 0.25) is 0 Å². The Labute approximate surface area is 162 Å². The molecule has 8 nitrogen and oxygen atoms in total. The fourth-order valence-electron chi connectivity index (χ4n) is 4.66. The van der Waals surface area contributed by atoms with Crippen LogP contribution in [0, 0.1) is 5.92 Å². The maximum atomic E-state index is 12.9. The molecule has 1 heterocycles. The second kappa shape index (κ2) is 7.63. The van der Waals surface area contributed by atoms with Gasteiger partial charge < -0.3 is 26.5 Å². The van der Waals surface area contributed by atoms with E-state index >= 15 is 0 Å². The first-order valence-corrected chi connectivity index (χ1v) is 9.45. The minimum Gasteiger partial charge on any atom is -0.477 e. The Morgan fingerprint density at radius 1 is 1.29 bits per heavy atom. The van der Waals surface area contributed by atoms with Crippen molar-refractivity contribution in [1.82, 2.24) is 9.88 Å². The molecule has 0 aliphatic heterocycles. The maximum absolute atomic E-state index is 12.9. The number of carbonyl (C=O) groups excluding carboxylic acids is 2. The number of fused-ring (bicyclic) bond motifs is 1. The van der Waals surface area contributed by atoms with Crippen LogP contribution in [-0.4, -0.2) is 40.5 Å². The Kier molecular flexibility index (Phi) is 5.42. The number of carboxylic acid groups (broad SMARTS) is 1. The molecule has 0 saturated heterocycles. The first kappa shape index (κ1) is 19.9. The number of rotatable bonds is 6. The summed E-state index contributed by atoms with van der Waals surface area (Å²) in [7, 11) is 1.65. The van der Waals surface area contributed by atoms with Crippen molar-refractivity contribution in [3.63, 3.8) is 0 Å². The lowest BCUT2D eigenvalue weighted by Gasteiger charge is -2.41. The minimum atomic E-state index is -1.38. The summed E-state index contributed by atoms with van der Waals surface area (Å²) in [4.78, 5) is 38.0. The van der Waals surface area contributed by atoms with Crippen LogP contribution in [0.1, 0.15) is 41.7 Å². The predicted octanol–water partition coefficient (Wildman–Crippen LogP) is 0.865. The van der Waals surface area contributed by atoms with Gasteiger partial charge in [-0.05, 0) is 18.9 Å². The van der Waals surface area contributed by atoms with Crippen molar-refractivity contribution in [2.75, 3.05) is 13.1 Å². The Bertz CT molecular complexity index is 936. The number of hydrogen-bond acceptors (Lipinski definition) is 4. The molecule has 0 bridgehead atoms. The molecule has 1 aliphatic rings. The molecule has 0 spiro atoms. The van der Waals surface area contributed by atoms with Crippen molar-refractivity contribution in [3.8, 4) is 0 Å². The highest BCUT2D eigenvalue weighted by atomic mass is 16.4. The van der Waals surface area contributed by atoms with E-state index in [9.17, 15) is 19.5 Å². The van der Waals surface area contributed by atoms with Crippen LogP contribution in [0.3, 0.4) is 0 Å². The SMILES string of the molecule is Cn1c(C(=O)O)c([C@]2(C(N)=O)CCCC[C@H]2C(=O)NCCN)c2ccccc21. The number of amides is 2. The van der Waals surface area contributed by atoms with Gasteiger partial charge >= 0.3 is 5.97 Å². The zero-order chi connectivity index (χ0) is 20.5. The van der Waals surface area contributed by atoms with Crippen LogP contribution in [-0.2, 0) is 22.1 Å². The van der Waals surface area contributed by atoms with E-state index in [1.54, 1.807) is 35.9 Å². The number of aromatic carboxylic acids is 1. The molecule has 2 atom stereocenters. The normalized spacial score (nSPS) is 22.1. The summed E-state index contributed by atoms with van der Waals surface area (Å²) in [6, 6.07) is 7.18. The molecule has 28 heavy (non-hydrogen) atoms. The van der Waals surface area contributed by atoms with E-state index in [1.165, 1.54) is 0 Å². The lowest BCUT2D eigenvalue weighted by Crippen LogP contribution is -2.55. The van der Waals surface area contributed by atoms with Crippen LogP contribution < -0.4 is 16.8 Å². The topological polar surface area (TPSA) is 140 Å². The van der Waals surface area contributed by atoms with Crippen LogP contribution in [0.5, 0.6) is 0 Å². The van der Waals surface area contributed by atoms with Crippen molar-refractivity contribution in [3.05, 3.63) is 35.5 Å². The zero-order valence-electron chi connectivity index (χ0n) is 15.9. The molecule has 1 aromatic heterocycles. The maximum Gasteiger partial charge on any atom is 0.352 e. The molecule has 1 fully saturated rings. The number of benzene rings is 1. The molecule has 8 heteroatoms. The molecule has 1 aromatic carbocycles. The number of aromatic nitrogens is 1. The van der Waals surface area contributed by atoms with Gasteiger partial charge in [-0.15, -0.1) is 0 Å². The number of nitrogens with zero attached hydrogens (tertiary/aromatic N) is 1. The average Bonchev–Trinajstić information content (AvgIpc) is 2.99. The number of carboxylic acids is 1. The lowest BCUT2D eigenvalue weighted by molar-refractivity contribution is -0.137.